The molecule has 0 amide bonds. The van der Waals surface area contributed by atoms with Crippen molar-refractivity contribution in [3.8, 4) is 0 Å². The highest BCUT2D eigenvalue weighted by molar-refractivity contribution is 5.79. The average molecular weight is 212 g/mol. The second kappa shape index (κ2) is 4.62. The summed E-state index contributed by atoms with van der Waals surface area (Å²) >= 11 is 0. The third-order valence-electron chi connectivity index (χ3n) is 3.75. The average Bonchev–Trinajstić information content (AvgIpc) is 2.24. The quantitative estimate of drug-likeness (QED) is 0.757. The highest BCUT2D eigenvalue weighted by Crippen LogP contribution is 2.34. The minimum Gasteiger partial charge on any atom is -0.390 e. The second-order valence-electron chi connectivity index (χ2n) is 5.02. The minimum absolute atomic E-state index is 0.312. The van der Waals surface area contributed by atoms with Gasteiger partial charge in [-0.05, 0) is 38.0 Å². The minimum atomic E-state index is -0.560. The van der Waals surface area contributed by atoms with E-state index in [0.717, 1.165) is 32.5 Å². The van der Waals surface area contributed by atoms with E-state index >= 15 is 0 Å². The molecule has 1 aliphatic heterocycles. The third kappa shape index (κ3) is 3.02. The monoisotopic (exact) mass is 212 g/mol. The normalized spacial score (nSPS) is 27.9. The lowest BCUT2D eigenvalue weighted by Gasteiger charge is -2.35. The largest absolute Gasteiger partial charge is 0.390 e. The summed E-state index contributed by atoms with van der Waals surface area (Å²) in [6.45, 7) is 1.67. The molecule has 1 N–H and O–H groups in total. The van der Waals surface area contributed by atoms with Crippen LogP contribution in [0.3, 0.4) is 0 Å². The molecule has 3 nitrogen and oxygen atoms in total. The Morgan fingerprint density at radius 3 is 2.47 bits per heavy atom. The fourth-order valence-electron chi connectivity index (χ4n) is 2.69. The van der Waals surface area contributed by atoms with E-state index in [2.05, 4.69) is 0 Å². The van der Waals surface area contributed by atoms with Crippen molar-refractivity contribution >= 4 is 5.78 Å². The first-order chi connectivity index (χ1) is 7.18. The van der Waals surface area contributed by atoms with Crippen LogP contribution in [0.25, 0.3) is 0 Å². The Morgan fingerprint density at radius 1 is 1.27 bits per heavy atom. The van der Waals surface area contributed by atoms with Gasteiger partial charge in [0.2, 0.25) is 0 Å². The Hall–Kier alpha value is -0.410. The highest BCUT2D eigenvalue weighted by Gasteiger charge is 2.34. The van der Waals surface area contributed by atoms with Gasteiger partial charge in [-0.2, -0.15) is 0 Å². The number of ether oxygens (including phenoxy) is 1. The smallest absolute Gasteiger partial charge is 0.133 e. The van der Waals surface area contributed by atoms with Crippen molar-refractivity contribution in [2.45, 2.75) is 50.5 Å². The first-order valence-electron chi connectivity index (χ1n) is 6.00. The molecular formula is C12H20O3. The summed E-state index contributed by atoms with van der Waals surface area (Å²) in [4.78, 5) is 11.1. The molecule has 2 aliphatic rings. The number of carbonyl (C=O) groups is 1. The molecule has 3 heteroatoms. The van der Waals surface area contributed by atoms with Crippen LogP contribution in [-0.2, 0) is 9.53 Å². The summed E-state index contributed by atoms with van der Waals surface area (Å²) in [5.41, 5.74) is -0.560. The molecule has 2 fully saturated rings. The van der Waals surface area contributed by atoms with E-state index in [1.54, 1.807) is 0 Å². The first-order valence-corrected chi connectivity index (χ1v) is 6.00. The van der Waals surface area contributed by atoms with Gasteiger partial charge in [-0.3, -0.25) is 4.79 Å². The van der Waals surface area contributed by atoms with Crippen molar-refractivity contribution in [2.75, 3.05) is 13.2 Å². The Bertz CT molecular complexity index is 221. The SMILES string of the molecule is O=C1CCC(O)(CC2CCOCC2)CC1. The summed E-state index contributed by atoms with van der Waals surface area (Å²) in [5, 5.41) is 10.3. The van der Waals surface area contributed by atoms with E-state index in [1.165, 1.54) is 0 Å². The maximum absolute atomic E-state index is 11.1. The summed E-state index contributed by atoms with van der Waals surface area (Å²) in [6, 6.07) is 0. The molecule has 0 aromatic heterocycles. The van der Waals surface area contributed by atoms with Crippen molar-refractivity contribution in [3.63, 3.8) is 0 Å². The molecule has 0 radical (unpaired) electrons. The molecule has 15 heavy (non-hydrogen) atoms. The van der Waals surface area contributed by atoms with Gasteiger partial charge < -0.3 is 9.84 Å². The number of rotatable bonds is 2. The number of hydrogen-bond acceptors (Lipinski definition) is 3. The van der Waals surface area contributed by atoms with E-state index in [1.807, 2.05) is 0 Å². The molecule has 86 valence electrons. The standard InChI is InChI=1S/C12H20O3/c13-11-1-5-12(14,6-2-11)9-10-3-7-15-8-4-10/h10,14H,1-9H2. The third-order valence-corrected chi connectivity index (χ3v) is 3.75. The van der Waals surface area contributed by atoms with E-state index in [4.69, 9.17) is 4.74 Å². The topological polar surface area (TPSA) is 46.5 Å². The van der Waals surface area contributed by atoms with Gasteiger partial charge in [-0.15, -0.1) is 0 Å². The van der Waals surface area contributed by atoms with Gasteiger partial charge in [0, 0.05) is 26.1 Å². The molecule has 0 aromatic carbocycles. The van der Waals surface area contributed by atoms with E-state index in [-0.39, 0.29) is 0 Å². The zero-order chi connectivity index (χ0) is 10.7. The zero-order valence-electron chi connectivity index (χ0n) is 9.21. The Morgan fingerprint density at radius 2 is 1.87 bits per heavy atom. The van der Waals surface area contributed by atoms with Gasteiger partial charge in [0.25, 0.3) is 0 Å². The molecule has 0 atom stereocenters. The summed E-state index contributed by atoms with van der Waals surface area (Å²) < 4.78 is 5.30. The summed E-state index contributed by atoms with van der Waals surface area (Å²) in [6.07, 6.45) is 5.47. The van der Waals surface area contributed by atoms with Crippen molar-refractivity contribution in [3.05, 3.63) is 0 Å². The molecular weight excluding hydrogens is 192 g/mol. The van der Waals surface area contributed by atoms with Crippen molar-refractivity contribution in [2.24, 2.45) is 5.92 Å². The number of ketones is 1. The van der Waals surface area contributed by atoms with Gasteiger partial charge in [-0.25, -0.2) is 0 Å². The first kappa shape index (κ1) is 11.1. The Balaban J connectivity index is 1.83. The fourth-order valence-corrected chi connectivity index (χ4v) is 2.69. The molecule has 0 spiro atoms. The van der Waals surface area contributed by atoms with Crippen LogP contribution < -0.4 is 0 Å². The van der Waals surface area contributed by atoms with Crippen LogP contribution in [0.15, 0.2) is 0 Å². The van der Waals surface area contributed by atoms with Gasteiger partial charge in [0.05, 0.1) is 5.60 Å². The Kier molecular flexibility index (Phi) is 3.42. The predicted molar refractivity (Wildman–Crippen MR) is 56.6 cm³/mol. The molecule has 0 bridgehead atoms. The van der Waals surface area contributed by atoms with Gasteiger partial charge in [-0.1, -0.05) is 0 Å². The number of carbonyl (C=O) groups excluding carboxylic acids is 1. The predicted octanol–water partition coefficient (Wildman–Crippen LogP) is 1.68. The maximum atomic E-state index is 11.1. The lowest BCUT2D eigenvalue weighted by Crippen LogP contribution is -2.37. The second-order valence-corrected chi connectivity index (χ2v) is 5.02. The van der Waals surface area contributed by atoms with Gasteiger partial charge in [0.1, 0.15) is 5.78 Å². The van der Waals surface area contributed by atoms with Crippen molar-refractivity contribution in [1.29, 1.82) is 0 Å². The van der Waals surface area contributed by atoms with E-state index in [9.17, 15) is 9.90 Å². The zero-order valence-corrected chi connectivity index (χ0v) is 9.21. The van der Waals surface area contributed by atoms with Crippen molar-refractivity contribution < 1.29 is 14.6 Å². The van der Waals surface area contributed by atoms with Crippen LogP contribution in [0.2, 0.25) is 0 Å². The molecule has 2 rings (SSSR count). The van der Waals surface area contributed by atoms with E-state index in [0.29, 0.717) is 37.4 Å². The van der Waals surface area contributed by atoms with Gasteiger partial charge in [0.15, 0.2) is 0 Å². The van der Waals surface area contributed by atoms with Crippen molar-refractivity contribution in [1.82, 2.24) is 0 Å². The maximum Gasteiger partial charge on any atom is 0.133 e. The highest BCUT2D eigenvalue weighted by atomic mass is 16.5. The molecule has 0 unspecified atom stereocenters. The van der Waals surface area contributed by atoms with Crippen LogP contribution >= 0.6 is 0 Å². The van der Waals surface area contributed by atoms with Crippen LogP contribution in [-0.4, -0.2) is 29.7 Å². The summed E-state index contributed by atoms with van der Waals surface area (Å²) in [5.74, 6) is 0.906. The van der Waals surface area contributed by atoms with Gasteiger partial charge >= 0.3 is 0 Å². The van der Waals surface area contributed by atoms with Crippen LogP contribution in [0.1, 0.15) is 44.9 Å². The fraction of sp³-hybridized carbons (Fsp3) is 0.917. The Labute approximate surface area is 90.8 Å². The van der Waals surface area contributed by atoms with Crippen LogP contribution in [0, 0.1) is 5.92 Å². The number of aliphatic hydroxyl groups is 1. The molecule has 0 aromatic rings. The summed E-state index contributed by atoms with van der Waals surface area (Å²) in [7, 11) is 0. The molecule has 1 saturated heterocycles. The lowest BCUT2D eigenvalue weighted by atomic mass is 9.76. The molecule has 1 saturated carbocycles. The van der Waals surface area contributed by atoms with Crippen LogP contribution in [0.4, 0.5) is 0 Å². The lowest BCUT2D eigenvalue weighted by molar-refractivity contribution is -0.126. The van der Waals surface area contributed by atoms with Crippen LogP contribution in [0.5, 0.6) is 0 Å². The number of Topliss-reactive ketones (excluding diaryl/α,β-unsaturated/α-hetero) is 1. The molecule has 1 aliphatic carbocycles. The molecule has 1 heterocycles. The number of hydrogen-bond donors (Lipinski definition) is 1. The van der Waals surface area contributed by atoms with E-state index < -0.39 is 5.60 Å².